The first-order valence-electron chi connectivity index (χ1n) is 5.50. The summed E-state index contributed by atoms with van der Waals surface area (Å²) in [5, 5.41) is 3.29. The van der Waals surface area contributed by atoms with E-state index in [-0.39, 0.29) is 16.8 Å². The fourth-order valence-electron chi connectivity index (χ4n) is 1.95. The van der Waals surface area contributed by atoms with Gasteiger partial charge >= 0.3 is 0 Å². The topological polar surface area (TPSA) is 29.1 Å². The number of carbonyl (C=O) groups is 1. The lowest BCUT2D eigenvalue weighted by molar-refractivity contribution is -0.126. The maximum Gasteiger partial charge on any atom is 0.224 e. The average Bonchev–Trinajstić information content (AvgIpc) is 2.15. The van der Waals surface area contributed by atoms with E-state index in [2.05, 4.69) is 37.1 Å². The summed E-state index contributed by atoms with van der Waals surface area (Å²) in [6.07, 6.45) is 0. The van der Waals surface area contributed by atoms with Crippen molar-refractivity contribution in [1.29, 1.82) is 0 Å². The number of thioether (sulfide) groups is 1. The van der Waals surface area contributed by atoms with Crippen LogP contribution < -0.4 is 5.32 Å². The Morgan fingerprint density at radius 2 is 1.81 bits per heavy atom. The molecule has 1 heterocycles. The van der Waals surface area contributed by atoms with Crippen LogP contribution in [-0.2, 0) is 4.79 Å². The van der Waals surface area contributed by atoms with E-state index in [4.69, 9.17) is 0 Å². The lowest BCUT2D eigenvalue weighted by atomic mass is 10.2. The van der Waals surface area contributed by atoms with Gasteiger partial charge in [0.05, 0.1) is 19.0 Å². The summed E-state index contributed by atoms with van der Waals surface area (Å²) >= 11 is 1.77. The molecule has 1 aliphatic heterocycles. The number of hydrogen-bond acceptors (Lipinski definition) is 2. The smallest absolute Gasteiger partial charge is 0.224 e. The standard InChI is InChI=1S/C12H17NOSSi/c1-16(2,3)10-11(14)13-12(10)15-9-7-5-4-6-8-9/h4-8,10,12H,1-3H3,(H,13,14)/t10-,12+/m1/s1. The number of nitrogens with one attached hydrogen (secondary N) is 1. The van der Waals surface area contributed by atoms with Gasteiger partial charge in [0, 0.05) is 4.90 Å². The van der Waals surface area contributed by atoms with Gasteiger partial charge in [-0.3, -0.25) is 4.79 Å². The average molecular weight is 251 g/mol. The summed E-state index contributed by atoms with van der Waals surface area (Å²) in [5.74, 6) is 0.243. The molecule has 1 aliphatic rings. The van der Waals surface area contributed by atoms with Gasteiger partial charge in [-0.25, -0.2) is 0 Å². The van der Waals surface area contributed by atoms with Crippen LogP contribution in [0.3, 0.4) is 0 Å². The van der Waals surface area contributed by atoms with Crippen molar-refractivity contribution in [2.75, 3.05) is 0 Å². The van der Waals surface area contributed by atoms with Crippen LogP contribution in [0, 0.1) is 0 Å². The molecule has 0 spiro atoms. The Morgan fingerprint density at radius 1 is 1.19 bits per heavy atom. The van der Waals surface area contributed by atoms with Gasteiger partial charge < -0.3 is 5.32 Å². The molecule has 0 unspecified atom stereocenters. The molecule has 0 aliphatic carbocycles. The zero-order valence-corrected chi connectivity index (χ0v) is 11.7. The summed E-state index contributed by atoms with van der Waals surface area (Å²) in [6, 6.07) is 10.3. The molecule has 0 saturated carbocycles. The van der Waals surface area contributed by atoms with Crippen molar-refractivity contribution in [1.82, 2.24) is 5.32 Å². The SMILES string of the molecule is C[Si](C)(C)[C@@H]1C(=O)N[C@H]1Sc1ccccc1. The molecule has 2 rings (SSSR count). The monoisotopic (exact) mass is 251 g/mol. The zero-order valence-electron chi connectivity index (χ0n) is 9.86. The summed E-state index contributed by atoms with van der Waals surface area (Å²) < 4.78 is 0. The van der Waals surface area contributed by atoms with Crippen molar-refractivity contribution in [3.8, 4) is 0 Å². The number of hydrogen-bond donors (Lipinski definition) is 1. The van der Waals surface area contributed by atoms with E-state index in [1.807, 2.05) is 18.2 Å². The quantitative estimate of drug-likeness (QED) is 0.661. The number of carbonyl (C=O) groups excluding carboxylic acids is 1. The fourth-order valence-corrected chi connectivity index (χ4v) is 6.28. The van der Waals surface area contributed by atoms with Gasteiger partial charge in [-0.1, -0.05) is 37.8 Å². The van der Waals surface area contributed by atoms with Crippen LogP contribution >= 0.6 is 11.8 Å². The molecule has 1 saturated heterocycles. The molecule has 4 heteroatoms. The lowest BCUT2D eigenvalue weighted by Gasteiger charge is -2.43. The van der Waals surface area contributed by atoms with Gasteiger partial charge in [-0.15, -0.1) is 11.8 Å². The number of benzene rings is 1. The molecular weight excluding hydrogens is 234 g/mol. The van der Waals surface area contributed by atoms with Crippen molar-refractivity contribution in [2.45, 2.75) is 35.5 Å². The largest absolute Gasteiger partial charge is 0.343 e. The highest BCUT2D eigenvalue weighted by Crippen LogP contribution is 2.41. The fraction of sp³-hybridized carbons (Fsp3) is 0.417. The van der Waals surface area contributed by atoms with E-state index in [1.54, 1.807) is 11.8 Å². The molecule has 0 bridgehead atoms. The highest BCUT2D eigenvalue weighted by Gasteiger charge is 2.47. The minimum atomic E-state index is -1.39. The second-order valence-electron chi connectivity index (χ2n) is 5.20. The van der Waals surface area contributed by atoms with E-state index in [1.165, 1.54) is 4.90 Å². The van der Waals surface area contributed by atoms with Gasteiger partial charge in [0.1, 0.15) is 0 Å². The Kier molecular flexibility index (Phi) is 3.12. The van der Waals surface area contributed by atoms with Crippen molar-refractivity contribution >= 4 is 25.7 Å². The molecule has 1 aromatic carbocycles. The summed E-state index contributed by atoms with van der Waals surface area (Å²) in [4.78, 5) is 12.8. The third-order valence-corrected chi connectivity index (χ3v) is 6.70. The van der Waals surface area contributed by atoms with Crippen LogP contribution in [0.4, 0.5) is 0 Å². The zero-order chi connectivity index (χ0) is 11.8. The first-order chi connectivity index (χ1) is 7.48. The maximum absolute atomic E-state index is 11.6. The number of rotatable bonds is 3. The highest BCUT2D eigenvalue weighted by atomic mass is 32.2. The van der Waals surface area contributed by atoms with E-state index < -0.39 is 8.07 Å². The molecule has 1 fully saturated rings. The Labute approximate surface area is 102 Å². The molecule has 16 heavy (non-hydrogen) atoms. The van der Waals surface area contributed by atoms with Crippen LogP contribution in [0.2, 0.25) is 25.2 Å². The van der Waals surface area contributed by atoms with Crippen LogP contribution in [0.15, 0.2) is 35.2 Å². The van der Waals surface area contributed by atoms with E-state index in [0.29, 0.717) is 0 Å². The Morgan fingerprint density at radius 3 is 2.31 bits per heavy atom. The number of amides is 1. The van der Waals surface area contributed by atoms with Gasteiger partial charge in [-0.05, 0) is 12.1 Å². The Balaban J connectivity index is 2.05. The normalized spacial score (nSPS) is 24.8. The van der Waals surface area contributed by atoms with Crippen LogP contribution in [0.25, 0.3) is 0 Å². The van der Waals surface area contributed by atoms with Crippen LogP contribution in [-0.4, -0.2) is 19.4 Å². The third-order valence-electron chi connectivity index (χ3n) is 2.81. The van der Waals surface area contributed by atoms with E-state index >= 15 is 0 Å². The molecule has 0 radical (unpaired) electrons. The molecule has 2 nitrogen and oxygen atoms in total. The predicted molar refractivity (Wildman–Crippen MR) is 71.3 cm³/mol. The minimum absolute atomic E-state index is 0.243. The van der Waals surface area contributed by atoms with Gasteiger partial charge in [0.15, 0.2) is 0 Å². The van der Waals surface area contributed by atoms with E-state index in [0.717, 1.165) is 0 Å². The van der Waals surface area contributed by atoms with Gasteiger partial charge in [-0.2, -0.15) is 0 Å². The molecule has 1 amide bonds. The van der Waals surface area contributed by atoms with E-state index in [9.17, 15) is 4.79 Å². The van der Waals surface area contributed by atoms with Crippen molar-refractivity contribution < 1.29 is 4.79 Å². The van der Waals surface area contributed by atoms with Gasteiger partial charge in [0.25, 0.3) is 0 Å². The molecule has 86 valence electrons. The second kappa shape index (κ2) is 4.26. The minimum Gasteiger partial charge on any atom is -0.343 e. The summed E-state index contributed by atoms with van der Waals surface area (Å²) in [5.41, 5.74) is 0.248. The summed E-state index contributed by atoms with van der Waals surface area (Å²) in [6.45, 7) is 6.78. The Bertz CT molecular complexity index is 388. The van der Waals surface area contributed by atoms with Crippen molar-refractivity contribution in [3.05, 3.63) is 30.3 Å². The highest BCUT2D eigenvalue weighted by molar-refractivity contribution is 8.00. The van der Waals surface area contributed by atoms with Gasteiger partial charge in [0.2, 0.25) is 5.91 Å². The maximum atomic E-state index is 11.6. The first-order valence-corrected chi connectivity index (χ1v) is 9.96. The second-order valence-corrected chi connectivity index (χ2v) is 11.8. The van der Waals surface area contributed by atoms with Crippen molar-refractivity contribution in [3.63, 3.8) is 0 Å². The van der Waals surface area contributed by atoms with Crippen LogP contribution in [0.1, 0.15) is 0 Å². The van der Waals surface area contributed by atoms with Crippen molar-refractivity contribution in [2.24, 2.45) is 0 Å². The van der Waals surface area contributed by atoms with Crippen LogP contribution in [0.5, 0.6) is 0 Å². The summed E-state index contributed by atoms with van der Waals surface area (Å²) in [7, 11) is -1.39. The molecule has 1 aromatic rings. The molecule has 1 N–H and O–H groups in total. The molecule has 0 aromatic heterocycles. The number of β-lactam (4-membered cyclic amide) rings is 1. The molecule has 2 atom stereocenters. The Hall–Kier alpha value is -0.743. The predicted octanol–water partition coefficient (Wildman–Crippen LogP) is 2.94. The third kappa shape index (κ3) is 2.33. The lowest BCUT2D eigenvalue weighted by Crippen LogP contribution is -2.60. The molecular formula is C12H17NOSSi. The first kappa shape index (κ1) is 11.7.